The number of carbonyl (C=O) groups excluding carboxylic acids is 2. The van der Waals surface area contributed by atoms with Crippen molar-refractivity contribution < 1.29 is 28.5 Å². The maximum Gasteiger partial charge on any atom is 0.436 e. The Morgan fingerprint density at radius 2 is 1.92 bits per heavy atom. The van der Waals surface area contributed by atoms with Gasteiger partial charge in [0.2, 0.25) is 0 Å². The Hall–Kier alpha value is -2.13. The minimum atomic E-state index is -0.707. The summed E-state index contributed by atoms with van der Waals surface area (Å²) in [6.07, 6.45) is -1.23. The monoisotopic (exact) mass is 343 g/mol. The zero-order valence-corrected chi connectivity index (χ0v) is 14.9. The molecule has 0 bridgehead atoms. The Morgan fingerprint density at radius 3 is 2.42 bits per heavy atom. The van der Waals surface area contributed by atoms with Crippen molar-refractivity contribution in [2.45, 2.75) is 39.6 Å². The molecule has 1 aromatic heterocycles. The Labute approximate surface area is 141 Å². The lowest BCUT2D eigenvalue weighted by molar-refractivity contribution is -0.0914. The van der Waals surface area contributed by atoms with Gasteiger partial charge in [-0.1, -0.05) is 0 Å². The summed E-state index contributed by atoms with van der Waals surface area (Å²) in [6.45, 7) is 7.33. The molecular formula is C15H25N3O6. The number of nitrogens with zero attached hydrogens (tertiary/aromatic N) is 2. The second-order valence-corrected chi connectivity index (χ2v) is 5.81. The fraction of sp³-hybridized carbons (Fsp3) is 0.667. The molecule has 0 aliphatic rings. The van der Waals surface area contributed by atoms with Gasteiger partial charge in [0.25, 0.3) is 0 Å². The van der Waals surface area contributed by atoms with Crippen molar-refractivity contribution in [1.82, 2.24) is 9.78 Å². The Morgan fingerprint density at radius 1 is 1.29 bits per heavy atom. The number of esters is 1. The van der Waals surface area contributed by atoms with Crippen molar-refractivity contribution in [1.29, 1.82) is 0 Å². The number of methoxy groups -OCH3 is 2. The second-order valence-electron chi connectivity index (χ2n) is 5.81. The summed E-state index contributed by atoms with van der Waals surface area (Å²) in [6, 6.07) is 1.41. The zero-order valence-electron chi connectivity index (χ0n) is 14.9. The van der Waals surface area contributed by atoms with Crippen LogP contribution in [0.2, 0.25) is 0 Å². The first-order chi connectivity index (χ1) is 11.2. The molecule has 0 aromatic carbocycles. The van der Waals surface area contributed by atoms with E-state index in [1.165, 1.54) is 20.3 Å². The Balaban J connectivity index is 3.01. The lowest BCUT2D eigenvalue weighted by Gasteiger charge is -2.18. The van der Waals surface area contributed by atoms with Crippen LogP contribution in [0.15, 0.2) is 6.07 Å². The van der Waals surface area contributed by atoms with Crippen LogP contribution in [0.1, 0.15) is 38.2 Å². The number of nitrogens with one attached hydrogen (secondary N) is 1. The lowest BCUT2D eigenvalue weighted by Crippen LogP contribution is -2.26. The lowest BCUT2D eigenvalue weighted by atomic mass is 10.2. The third-order valence-corrected chi connectivity index (χ3v) is 2.73. The average Bonchev–Trinajstić information content (AvgIpc) is 2.91. The zero-order chi connectivity index (χ0) is 18.3. The van der Waals surface area contributed by atoms with Crippen molar-refractivity contribution in [2.24, 2.45) is 0 Å². The van der Waals surface area contributed by atoms with Crippen LogP contribution in [-0.4, -0.2) is 61.1 Å². The largest absolute Gasteiger partial charge is 0.455 e. The van der Waals surface area contributed by atoms with Crippen LogP contribution in [-0.2, 0) is 18.9 Å². The summed E-state index contributed by atoms with van der Waals surface area (Å²) in [7, 11) is 2.98. The number of anilines is 1. The average molecular weight is 343 g/mol. The van der Waals surface area contributed by atoms with Gasteiger partial charge in [-0.05, 0) is 27.7 Å². The van der Waals surface area contributed by atoms with Crippen LogP contribution in [0, 0.1) is 0 Å². The third-order valence-electron chi connectivity index (χ3n) is 2.73. The van der Waals surface area contributed by atoms with Crippen molar-refractivity contribution in [3.8, 4) is 0 Å². The van der Waals surface area contributed by atoms with E-state index in [0.29, 0.717) is 0 Å². The molecule has 0 spiro atoms. The topological polar surface area (TPSA) is 101 Å². The van der Waals surface area contributed by atoms with E-state index in [1.54, 1.807) is 27.7 Å². The molecule has 0 radical (unpaired) electrons. The number of carbonyl (C=O) groups is 2. The highest BCUT2D eigenvalue weighted by Gasteiger charge is 2.24. The smallest absolute Gasteiger partial charge is 0.436 e. The number of hydrogen-bond acceptors (Lipinski definition) is 8. The highest BCUT2D eigenvalue weighted by Crippen LogP contribution is 2.16. The molecular weight excluding hydrogens is 318 g/mol. The van der Waals surface area contributed by atoms with Crippen molar-refractivity contribution >= 4 is 17.9 Å². The number of rotatable bonds is 7. The van der Waals surface area contributed by atoms with Crippen molar-refractivity contribution in [3.63, 3.8) is 0 Å². The summed E-state index contributed by atoms with van der Waals surface area (Å²) in [5, 5.41) is 6.90. The SMILES string of the molecule is CCOC(=O)n1nc(C(=O)OC(C)(C)C)cc1NCC(OC)OC. The summed E-state index contributed by atoms with van der Waals surface area (Å²) in [5.41, 5.74) is -0.679. The number of ether oxygens (including phenoxy) is 4. The Bertz CT molecular complexity index is 560. The van der Waals surface area contributed by atoms with Gasteiger partial charge in [-0.25, -0.2) is 9.59 Å². The molecule has 0 saturated carbocycles. The minimum Gasteiger partial charge on any atom is -0.455 e. The van der Waals surface area contributed by atoms with Gasteiger partial charge in [0.1, 0.15) is 11.4 Å². The number of hydrogen-bond donors (Lipinski definition) is 1. The first-order valence-electron chi connectivity index (χ1n) is 7.51. The van der Waals surface area contributed by atoms with Gasteiger partial charge in [0.05, 0.1) is 13.2 Å². The molecule has 1 rings (SSSR count). The standard InChI is InChI=1S/C15H25N3O6/c1-7-23-14(20)18-11(16-9-12(21-5)22-6)8-10(17-18)13(19)24-15(2,3)4/h8,12,16H,7,9H2,1-6H3. The summed E-state index contributed by atoms with van der Waals surface area (Å²) < 4.78 is 21.3. The fourth-order valence-electron chi connectivity index (χ4n) is 1.71. The van der Waals surface area contributed by atoms with Crippen LogP contribution in [0.25, 0.3) is 0 Å². The Kier molecular flexibility index (Phi) is 7.18. The predicted molar refractivity (Wildman–Crippen MR) is 86.1 cm³/mol. The normalized spacial score (nSPS) is 11.5. The van der Waals surface area contributed by atoms with E-state index >= 15 is 0 Å². The van der Waals surface area contributed by atoms with Crippen LogP contribution in [0.3, 0.4) is 0 Å². The van der Waals surface area contributed by atoms with Gasteiger partial charge in [0.15, 0.2) is 12.0 Å². The maximum absolute atomic E-state index is 12.1. The predicted octanol–water partition coefficient (Wildman–Crippen LogP) is 1.87. The highest BCUT2D eigenvalue weighted by atomic mass is 16.7. The van der Waals surface area contributed by atoms with E-state index in [2.05, 4.69) is 10.4 Å². The minimum absolute atomic E-state index is 0.00754. The van der Waals surface area contributed by atoms with Gasteiger partial charge in [-0.2, -0.15) is 5.10 Å². The second kappa shape index (κ2) is 8.65. The molecule has 1 aromatic rings. The molecule has 0 unspecified atom stereocenters. The van der Waals surface area contributed by atoms with Crippen molar-refractivity contribution in [3.05, 3.63) is 11.8 Å². The van der Waals surface area contributed by atoms with Crippen LogP contribution < -0.4 is 5.32 Å². The summed E-state index contributed by atoms with van der Waals surface area (Å²) in [5.74, 6) is -0.364. The van der Waals surface area contributed by atoms with Gasteiger partial charge in [0, 0.05) is 20.3 Å². The van der Waals surface area contributed by atoms with Gasteiger partial charge in [-0.3, -0.25) is 0 Å². The van der Waals surface area contributed by atoms with Crippen LogP contribution in [0.4, 0.5) is 10.6 Å². The molecule has 1 heterocycles. The van der Waals surface area contributed by atoms with E-state index in [4.69, 9.17) is 18.9 Å². The first-order valence-corrected chi connectivity index (χ1v) is 7.51. The van der Waals surface area contributed by atoms with Crippen LogP contribution in [0.5, 0.6) is 0 Å². The van der Waals surface area contributed by atoms with E-state index in [-0.39, 0.29) is 24.7 Å². The number of aromatic nitrogens is 2. The van der Waals surface area contributed by atoms with E-state index in [9.17, 15) is 9.59 Å². The van der Waals surface area contributed by atoms with E-state index in [0.717, 1.165) is 4.68 Å². The molecule has 9 nitrogen and oxygen atoms in total. The maximum atomic E-state index is 12.1. The molecule has 0 atom stereocenters. The molecule has 0 saturated heterocycles. The summed E-state index contributed by atoms with van der Waals surface area (Å²) in [4.78, 5) is 24.1. The fourth-order valence-corrected chi connectivity index (χ4v) is 1.71. The van der Waals surface area contributed by atoms with Gasteiger partial charge < -0.3 is 24.3 Å². The van der Waals surface area contributed by atoms with Crippen molar-refractivity contribution in [2.75, 3.05) is 32.7 Å². The van der Waals surface area contributed by atoms with Gasteiger partial charge >= 0.3 is 12.1 Å². The molecule has 0 aliphatic heterocycles. The summed E-state index contributed by atoms with van der Waals surface area (Å²) >= 11 is 0. The van der Waals surface area contributed by atoms with E-state index < -0.39 is 24.0 Å². The molecule has 0 amide bonds. The van der Waals surface area contributed by atoms with Crippen LogP contribution >= 0.6 is 0 Å². The molecule has 0 fully saturated rings. The highest BCUT2D eigenvalue weighted by molar-refractivity contribution is 5.90. The van der Waals surface area contributed by atoms with Gasteiger partial charge in [-0.15, -0.1) is 4.68 Å². The quantitative estimate of drug-likeness (QED) is 0.591. The van der Waals surface area contributed by atoms with E-state index in [1.807, 2.05) is 0 Å². The molecule has 24 heavy (non-hydrogen) atoms. The molecule has 9 heteroatoms. The molecule has 1 N–H and O–H groups in total. The molecule has 0 aliphatic carbocycles. The third kappa shape index (κ3) is 5.82. The first kappa shape index (κ1) is 19.9. The molecule has 136 valence electrons.